The van der Waals surface area contributed by atoms with E-state index in [-0.39, 0.29) is 0 Å². The summed E-state index contributed by atoms with van der Waals surface area (Å²) < 4.78 is 0. The van der Waals surface area contributed by atoms with Crippen LogP contribution in [0.1, 0.15) is 5.56 Å². The molecule has 0 bridgehead atoms. The van der Waals surface area contributed by atoms with Crippen LogP contribution in [0, 0.1) is 11.8 Å². The largest absolute Gasteiger partial charge is 0.398 e. The summed E-state index contributed by atoms with van der Waals surface area (Å²) in [6.07, 6.45) is 0. The van der Waals surface area contributed by atoms with E-state index in [4.69, 9.17) is 5.73 Å². The van der Waals surface area contributed by atoms with Crippen molar-refractivity contribution in [2.24, 2.45) is 5.18 Å². The fraction of sp³-hybridized carbons (Fsp3) is 0.143. The van der Waals surface area contributed by atoms with Gasteiger partial charge in [-0.3, -0.25) is 0 Å². The second-order valence-electron chi connectivity index (χ2n) is 2.08. The molecule has 0 fully saturated rings. The molecular formula is C7H8N2O. The Morgan fingerprint density at radius 2 is 2.20 bits per heavy atom. The lowest BCUT2D eigenvalue weighted by Crippen LogP contribution is -1.87. The van der Waals surface area contributed by atoms with E-state index in [2.05, 4.69) is 5.18 Å². The normalized spacial score (nSPS) is 9.30. The van der Waals surface area contributed by atoms with Crippen LogP contribution in [0.5, 0.6) is 0 Å². The predicted octanol–water partition coefficient (Wildman–Crippen LogP) is 1.98. The van der Waals surface area contributed by atoms with Crippen LogP contribution >= 0.6 is 0 Å². The summed E-state index contributed by atoms with van der Waals surface area (Å²) in [6, 6.07) is 5.09. The summed E-state index contributed by atoms with van der Waals surface area (Å²) in [5.41, 5.74) is 7.27. The van der Waals surface area contributed by atoms with Crippen LogP contribution in [0.4, 0.5) is 11.4 Å². The Morgan fingerprint density at radius 3 is 2.70 bits per heavy atom. The molecule has 3 nitrogen and oxygen atoms in total. The highest BCUT2D eigenvalue weighted by Crippen LogP contribution is 2.22. The highest BCUT2D eigenvalue weighted by molar-refractivity contribution is 5.59. The number of rotatable bonds is 1. The van der Waals surface area contributed by atoms with Gasteiger partial charge in [-0.1, -0.05) is 6.07 Å². The highest BCUT2D eigenvalue weighted by Gasteiger charge is 1.98. The van der Waals surface area contributed by atoms with Crippen molar-refractivity contribution in [3.05, 3.63) is 28.7 Å². The number of nitrogen functional groups attached to an aromatic ring is 1. The first-order valence-corrected chi connectivity index (χ1v) is 2.94. The predicted molar refractivity (Wildman–Crippen MR) is 41.0 cm³/mol. The van der Waals surface area contributed by atoms with Gasteiger partial charge in [-0.25, -0.2) is 0 Å². The molecule has 0 unspecified atom stereocenters. The Balaban J connectivity index is 3.27. The topological polar surface area (TPSA) is 55.4 Å². The molecule has 0 heterocycles. The number of nitrogens with two attached hydrogens (primary N) is 1. The Kier molecular flexibility index (Phi) is 1.67. The van der Waals surface area contributed by atoms with Crippen LogP contribution in [0.15, 0.2) is 23.4 Å². The van der Waals surface area contributed by atoms with E-state index < -0.39 is 0 Å². The van der Waals surface area contributed by atoms with Crippen LogP contribution in [0.25, 0.3) is 0 Å². The molecule has 1 rings (SSSR count). The molecule has 1 aromatic carbocycles. The average molecular weight is 136 g/mol. The first-order chi connectivity index (χ1) is 4.75. The zero-order valence-corrected chi connectivity index (χ0v) is 5.66. The summed E-state index contributed by atoms with van der Waals surface area (Å²) in [5.74, 6) is 0. The summed E-state index contributed by atoms with van der Waals surface area (Å²) in [5, 5.41) is 2.80. The maximum Gasteiger partial charge on any atom is 0.112 e. The third-order valence-electron chi connectivity index (χ3n) is 1.45. The fourth-order valence-electron chi connectivity index (χ4n) is 0.740. The number of anilines is 1. The molecular weight excluding hydrogens is 128 g/mol. The molecule has 0 saturated heterocycles. The van der Waals surface area contributed by atoms with Crippen molar-refractivity contribution in [2.75, 3.05) is 5.73 Å². The lowest BCUT2D eigenvalue weighted by atomic mass is 10.2. The van der Waals surface area contributed by atoms with Gasteiger partial charge in [-0.2, -0.15) is 0 Å². The third kappa shape index (κ3) is 0.978. The lowest BCUT2D eigenvalue weighted by Gasteiger charge is -1.98. The van der Waals surface area contributed by atoms with Gasteiger partial charge in [-0.05, 0) is 24.2 Å². The molecule has 0 aliphatic heterocycles. The minimum absolute atomic E-state index is 0.417. The van der Waals surface area contributed by atoms with Crippen molar-refractivity contribution in [1.82, 2.24) is 0 Å². The Hall–Kier alpha value is -1.38. The smallest absolute Gasteiger partial charge is 0.112 e. The molecule has 0 radical (unpaired) electrons. The van der Waals surface area contributed by atoms with Crippen LogP contribution in [-0.4, -0.2) is 0 Å². The van der Waals surface area contributed by atoms with Gasteiger partial charge in [0, 0.05) is 11.3 Å². The standard InChI is InChI=1S/C7H8N2O/c1-5-6(8)3-2-4-7(5)9-10/h2-4H,8H2,1H3. The lowest BCUT2D eigenvalue weighted by molar-refractivity contribution is 1.39. The first-order valence-electron chi connectivity index (χ1n) is 2.94. The maximum absolute atomic E-state index is 10.1. The van der Waals surface area contributed by atoms with E-state index in [0.29, 0.717) is 11.4 Å². The van der Waals surface area contributed by atoms with E-state index in [1.54, 1.807) is 25.1 Å². The molecule has 0 spiro atoms. The van der Waals surface area contributed by atoms with E-state index in [9.17, 15) is 4.91 Å². The first kappa shape index (κ1) is 6.74. The maximum atomic E-state index is 10.1. The zero-order chi connectivity index (χ0) is 7.56. The summed E-state index contributed by atoms with van der Waals surface area (Å²) >= 11 is 0. The van der Waals surface area contributed by atoms with Gasteiger partial charge in [0.25, 0.3) is 0 Å². The molecule has 3 heteroatoms. The minimum atomic E-state index is 0.417. The van der Waals surface area contributed by atoms with Gasteiger partial charge in [0.2, 0.25) is 0 Å². The summed E-state index contributed by atoms with van der Waals surface area (Å²) in [6.45, 7) is 1.77. The quantitative estimate of drug-likeness (QED) is 0.474. The summed E-state index contributed by atoms with van der Waals surface area (Å²) in [7, 11) is 0. The minimum Gasteiger partial charge on any atom is -0.398 e. The fourth-order valence-corrected chi connectivity index (χ4v) is 0.740. The number of hydrogen-bond donors (Lipinski definition) is 1. The second kappa shape index (κ2) is 2.47. The van der Waals surface area contributed by atoms with Crippen LogP contribution in [-0.2, 0) is 0 Å². The van der Waals surface area contributed by atoms with Crippen molar-refractivity contribution < 1.29 is 0 Å². The molecule has 1 aromatic rings. The van der Waals surface area contributed by atoms with E-state index >= 15 is 0 Å². The molecule has 0 atom stereocenters. The third-order valence-corrected chi connectivity index (χ3v) is 1.45. The molecule has 10 heavy (non-hydrogen) atoms. The van der Waals surface area contributed by atoms with Gasteiger partial charge in [0.1, 0.15) is 5.69 Å². The van der Waals surface area contributed by atoms with E-state index in [1.165, 1.54) is 0 Å². The van der Waals surface area contributed by atoms with Gasteiger partial charge in [0.15, 0.2) is 0 Å². The number of benzene rings is 1. The monoisotopic (exact) mass is 136 g/mol. The molecule has 0 saturated carbocycles. The summed E-state index contributed by atoms with van der Waals surface area (Å²) in [4.78, 5) is 10.1. The molecule has 52 valence electrons. The van der Waals surface area contributed by atoms with Crippen molar-refractivity contribution in [3.63, 3.8) is 0 Å². The molecule has 0 aliphatic rings. The number of hydrogen-bond acceptors (Lipinski definition) is 3. The van der Waals surface area contributed by atoms with Crippen molar-refractivity contribution in [2.45, 2.75) is 6.92 Å². The van der Waals surface area contributed by atoms with Gasteiger partial charge < -0.3 is 5.73 Å². The van der Waals surface area contributed by atoms with Gasteiger partial charge in [-0.15, -0.1) is 4.91 Å². The zero-order valence-electron chi connectivity index (χ0n) is 5.66. The molecule has 0 aromatic heterocycles. The molecule has 2 N–H and O–H groups in total. The number of nitrogens with zero attached hydrogens (tertiary/aromatic N) is 1. The Bertz CT molecular complexity index is 258. The van der Waals surface area contributed by atoms with E-state index in [1.807, 2.05) is 0 Å². The van der Waals surface area contributed by atoms with Crippen molar-refractivity contribution in [1.29, 1.82) is 0 Å². The van der Waals surface area contributed by atoms with Crippen molar-refractivity contribution >= 4 is 11.4 Å². The average Bonchev–Trinajstić information content (AvgIpc) is 1.95. The van der Waals surface area contributed by atoms with Gasteiger partial charge in [0.05, 0.1) is 0 Å². The van der Waals surface area contributed by atoms with Crippen molar-refractivity contribution in [3.8, 4) is 0 Å². The van der Waals surface area contributed by atoms with Crippen LogP contribution in [0.2, 0.25) is 0 Å². The van der Waals surface area contributed by atoms with Crippen LogP contribution in [0.3, 0.4) is 0 Å². The van der Waals surface area contributed by atoms with E-state index in [0.717, 1.165) is 5.56 Å². The number of nitroso groups, excluding NO2 is 1. The van der Waals surface area contributed by atoms with Gasteiger partial charge >= 0.3 is 0 Å². The van der Waals surface area contributed by atoms with Crippen LogP contribution < -0.4 is 5.73 Å². The highest BCUT2D eigenvalue weighted by atomic mass is 16.3. The Morgan fingerprint density at radius 1 is 1.50 bits per heavy atom. The SMILES string of the molecule is Cc1c(N)cccc1N=O. The Labute approximate surface area is 58.8 Å². The molecule has 0 amide bonds. The second-order valence-corrected chi connectivity index (χ2v) is 2.08. The molecule has 0 aliphatic carbocycles.